The standard InChI is InChI=1S/C18H22N2O3S/c1-13(2)12-15-8-10-16(11-9-15)24(22,23)20-19-14(3)17-6-4-5-7-18(17)21/h4-11,13,20-21H,12H2,1-3H3/b19-14-. The Balaban J connectivity index is 2.16. The van der Waals surface area contributed by atoms with Gasteiger partial charge in [0.15, 0.2) is 0 Å². The number of aromatic hydroxyl groups is 1. The third-order valence-corrected chi connectivity index (χ3v) is 4.73. The molecule has 0 spiro atoms. The smallest absolute Gasteiger partial charge is 0.276 e. The van der Waals surface area contributed by atoms with E-state index >= 15 is 0 Å². The van der Waals surface area contributed by atoms with Crippen molar-refractivity contribution in [3.05, 3.63) is 59.7 Å². The molecule has 6 heteroatoms. The third-order valence-electron chi connectivity index (χ3n) is 3.50. The second-order valence-corrected chi connectivity index (χ2v) is 7.71. The number of hydrogen-bond acceptors (Lipinski definition) is 4. The quantitative estimate of drug-likeness (QED) is 0.622. The van der Waals surface area contributed by atoms with E-state index in [1.54, 1.807) is 37.3 Å². The van der Waals surface area contributed by atoms with Crippen molar-refractivity contribution in [3.63, 3.8) is 0 Å². The summed E-state index contributed by atoms with van der Waals surface area (Å²) in [6.07, 6.45) is 0.901. The predicted molar refractivity (Wildman–Crippen MR) is 95.6 cm³/mol. The Bertz CT molecular complexity index is 826. The van der Waals surface area contributed by atoms with Gasteiger partial charge in [0.25, 0.3) is 10.0 Å². The van der Waals surface area contributed by atoms with E-state index in [-0.39, 0.29) is 10.6 Å². The van der Waals surface area contributed by atoms with E-state index in [0.29, 0.717) is 17.2 Å². The van der Waals surface area contributed by atoms with Crippen LogP contribution in [0.1, 0.15) is 31.9 Å². The van der Waals surface area contributed by atoms with Gasteiger partial charge in [-0.25, -0.2) is 0 Å². The molecule has 128 valence electrons. The lowest BCUT2D eigenvalue weighted by atomic mass is 10.0. The fraction of sp³-hybridized carbons (Fsp3) is 0.278. The Morgan fingerprint density at radius 1 is 1.12 bits per heavy atom. The van der Waals surface area contributed by atoms with Crippen LogP contribution in [0.25, 0.3) is 0 Å². The van der Waals surface area contributed by atoms with Crippen molar-refractivity contribution in [2.45, 2.75) is 32.1 Å². The van der Waals surface area contributed by atoms with Crippen LogP contribution >= 0.6 is 0 Å². The molecule has 0 amide bonds. The fourth-order valence-electron chi connectivity index (χ4n) is 2.30. The number of benzene rings is 2. The molecule has 0 atom stereocenters. The Labute approximate surface area is 143 Å². The first-order valence-electron chi connectivity index (χ1n) is 7.73. The van der Waals surface area contributed by atoms with Gasteiger partial charge in [0.1, 0.15) is 5.75 Å². The van der Waals surface area contributed by atoms with Crippen molar-refractivity contribution >= 4 is 15.7 Å². The van der Waals surface area contributed by atoms with Gasteiger partial charge in [-0.15, -0.1) is 0 Å². The average Bonchev–Trinajstić information content (AvgIpc) is 2.53. The highest BCUT2D eigenvalue weighted by Crippen LogP contribution is 2.17. The SMILES string of the molecule is C/C(=N/NS(=O)(=O)c1ccc(CC(C)C)cc1)c1ccccc1O. The molecular formula is C18H22N2O3S. The number of hydrazone groups is 1. The Morgan fingerprint density at radius 2 is 1.75 bits per heavy atom. The summed E-state index contributed by atoms with van der Waals surface area (Å²) in [5, 5.41) is 13.7. The van der Waals surface area contributed by atoms with E-state index in [2.05, 4.69) is 23.8 Å². The second kappa shape index (κ2) is 7.49. The monoisotopic (exact) mass is 346 g/mol. The minimum absolute atomic E-state index is 0.0518. The van der Waals surface area contributed by atoms with Crippen LogP contribution in [0.4, 0.5) is 0 Å². The maximum atomic E-state index is 12.3. The van der Waals surface area contributed by atoms with Crippen molar-refractivity contribution in [1.82, 2.24) is 4.83 Å². The van der Waals surface area contributed by atoms with Gasteiger partial charge in [0.05, 0.1) is 10.6 Å². The lowest BCUT2D eigenvalue weighted by molar-refractivity contribution is 0.474. The summed E-state index contributed by atoms with van der Waals surface area (Å²) in [5.74, 6) is 0.562. The molecule has 5 nitrogen and oxygen atoms in total. The van der Waals surface area contributed by atoms with E-state index < -0.39 is 10.0 Å². The molecule has 0 aliphatic heterocycles. The molecule has 0 aliphatic rings. The molecular weight excluding hydrogens is 324 g/mol. The zero-order valence-electron chi connectivity index (χ0n) is 14.0. The molecule has 0 saturated heterocycles. The number of nitrogens with one attached hydrogen (secondary N) is 1. The minimum Gasteiger partial charge on any atom is -0.507 e. The van der Waals surface area contributed by atoms with E-state index in [1.807, 2.05) is 12.1 Å². The van der Waals surface area contributed by atoms with E-state index in [4.69, 9.17) is 0 Å². The van der Waals surface area contributed by atoms with Gasteiger partial charge in [-0.3, -0.25) is 0 Å². The largest absolute Gasteiger partial charge is 0.507 e. The molecule has 0 bridgehead atoms. The maximum Gasteiger partial charge on any atom is 0.276 e. The number of nitrogens with zero attached hydrogens (tertiary/aromatic N) is 1. The van der Waals surface area contributed by atoms with Crippen molar-refractivity contribution in [2.24, 2.45) is 11.0 Å². The molecule has 2 N–H and O–H groups in total. The molecule has 2 rings (SSSR count). The van der Waals surface area contributed by atoms with Crippen LogP contribution in [0.5, 0.6) is 5.75 Å². The van der Waals surface area contributed by atoms with Crippen LogP contribution < -0.4 is 4.83 Å². The molecule has 0 unspecified atom stereocenters. The normalized spacial score (nSPS) is 12.4. The first-order valence-corrected chi connectivity index (χ1v) is 9.21. The first-order chi connectivity index (χ1) is 11.3. The molecule has 0 radical (unpaired) electrons. The minimum atomic E-state index is -3.74. The number of phenols is 1. The summed E-state index contributed by atoms with van der Waals surface area (Å²) in [6.45, 7) is 5.86. The topological polar surface area (TPSA) is 78.8 Å². The van der Waals surface area contributed by atoms with Crippen LogP contribution in [0, 0.1) is 5.92 Å². The molecule has 0 heterocycles. The van der Waals surface area contributed by atoms with Gasteiger partial charge < -0.3 is 5.11 Å². The Morgan fingerprint density at radius 3 is 2.33 bits per heavy atom. The summed E-state index contributed by atoms with van der Waals surface area (Å²) in [5.41, 5.74) is 1.96. The van der Waals surface area contributed by atoms with Crippen LogP contribution in [0.15, 0.2) is 58.5 Å². The zero-order valence-corrected chi connectivity index (χ0v) is 14.8. The van der Waals surface area contributed by atoms with Crippen molar-refractivity contribution in [2.75, 3.05) is 0 Å². The summed E-state index contributed by atoms with van der Waals surface area (Å²) < 4.78 is 24.6. The number of para-hydroxylation sites is 1. The van der Waals surface area contributed by atoms with Gasteiger partial charge in [-0.1, -0.05) is 38.1 Å². The summed E-state index contributed by atoms with van der Waals surface area (Å²) in [7, 11) is -3.74. The predicted octanol–water partition coefficient (Wildman–Crippen LogP) is 3.29. The molecule has 2 aromatic rings. The summed E-state index contributed by atoms with van der Waals surface area (Å²) in [4.78, 5) is 2.37. The molecule has 0 aliphatic carbocycles. The van der Waals surface area contributed by atoms with Gasteiger partial charge in [-0.2, -0.15) is 18.4 Å². The highest BCUT2D eigenvalue weighted by atomic mass is 32.2. The van der Waals surface area contributed by atoms with Crippen LogP contribution in [-0.2, 0) is 16.4 Å². The molecule has 0 saturated carbocycles. The van der Waals surface area contributed by atoms with Gasteiger partial charge in [-0.05, 0) is 49.1 Å². The van der Waals surface area contributed by atoms with Crippen molar-refractivity contribution < 1.29 is 13.5 Å². The second-order valence-electron chi connectivity index (χ2n) is 6.05. The molecule has 24 heavy (non-hydrogen) atoms. The maximum absolute atomic E-state index is 12.3. The van der Waals surface area contributed by atoms with Gasteiger partial charge in [0, 0.05) is 5.56 Å². The van der Waals surface area contributed by atoms with E-state index in [9.17, 15) is 13.5 Å². The molecule has 2 aromatic carbocycles. The van der Waals surface area contributed by atoms with Crippen LogP contribution in [-0.4, -0.2) is 19.2 Å². The van der Waals surface area contributed by atoms with E-state index in [0.717, 1.165) is 12.0 Å². The number of phenolic OH excluding ortho intramolecular Hbond substituents is 1. The number of sulfonamides is 1. The Kier molecular flexibility index (Phi) is 5.62. The fourth-order valence-corrected chi connectivity index (χ4v) is 3.15. The van der Waals surface area contributed by atoms with Crippen LogP contribution in [0.2, 0.25) is 0 Å². The molecule has 0 aromatic heterocycles. The zero-order chi connectivity index (χ0) is 17.7. The highest BCUT2D eigenvalue weighted by molar-refractivity contribution is 7.89. The average molecular weight is 346 g/mol. The lowest BCUT2D eigenvalue weighted by Crippen LogP contribution is -2.20. The number of rotatable bonds is 6. The van der Waals surface area contributed by atoms with Gasteiger partial charge in [0.2, 0.25) is 0 Å². The van der Waals surface area contributed by atoms with Crippen LogP contribution in [0.3, 0.4) is 0 Å². The lowest BCUT2D eigenvalue weighted by Gasteiger charge is -2.08. The summed E-state index contributed by atoms with van der Waals surface area (Å²) in [6, 6.07) is 13.4. The van der Waals surface area contributed by atoms with Crippen molar-refractivity contribution in [3.8, 4) is 5.75 Å². The Hall–Kier alpha value is -2.34. The first kappa shape index (κ1) is 18.0. The van der Waals surface area contributed by atoms with E-state index in [1.165, 1.54) is 6.07 Å². The number of hydrogen-bond donors (Lipinski definition) is 2. The third kappa shape index (κ3) is 4.58. The molecule has 0 fully saturated rings. The van der Waals surface area contributed by atoms with Gasteiger partial charge >= 0.3 is 0 Å². The highest BCUT2D eigenvalue weighted by Gasteiger charge is 2.13. The summed E-state index contributed by atoms with van der Waals surface area (Å²) >= 11 is 0. The van der Waals surface area contributed by atoms with Crippen molar-refractivity contribution in [1.29, 1.82) is 0 Å².